The summed E-state index contributed by atoms with van der Waals surface area (Å²) in [6.07, 6.45) is 4.53. The molecule has 0 radical (unpaired) electrons. The lowest BCUT2D eigenvalue weighted by Crippen LogP contribution is -1.97. The number of pyridine rings is 4. The smallest absolute Gasteiger partial charge is 0.0803 e. The van der Waals surface area contributed by atoms with E-state index in [0.29, 0.717) is 0 Å². The molecule has 4 nitrogen and oxygen atoms in total. The van der Waals surface area contributed by atoms with Crippen LogP contribution in [0.15, 0.2) is 122 Å². The van der Waals surface area contributed by atoms with E-state index in [9.17, 15) is 0 Å². The van der Waals surface area contributed by atoms with Crippen LogP contribution in [-0.2, 0) is 6.42 Å². The van der Waals surface area contributed by atoms with Gasteiger partial charge in [-0.1, -0.05) is 60.7 Å². The van der Waals surface area contributed by atoms with E-state index < -0.39 is 0 Å². The molecule has 0 bridgehead atoms. The van der Waals surface area contributed by atoms with E-state index >= 15 is 0 Å². The molecule has 0 amide bonds. The molecule has 0 saturated heterocycles. The minimum absolute atomic E-state index is 0.867. The average molecular weight is 523 g/mol. The van der Waals surface area contributed by atoms with Crippen molar-refractivity contribution in [2.24, 2.45) is 0 Å². The fourth-order valence-electron chi connectivity index (χ4n) is 6.49. The molecular formula is C37H22N4. The molecule has 4 aromatic heterocycles. The van der Waals surface area contributed by atoms with Gasteiger partial charge < -0.3 is 0 Å². The van der Waals surface area contributed by atoms with Crippen molar-refractivity contribution in [3.8, 4) is 33.6 Å². The van der Waals surface area contributed by atoms with Crippen molar-refractivity contribution in [3.05, 3.63) is 133 Å². The van der Waals surface area contributed by atoms with Crippen LogP contribution in [0.3, 0.4) is 0 Å². The Labute approximate surface area is 236 Å². The fraction of sp³-hybridized carbons (Fsp3) is 0.0270. The van der Waals surface area contributed by atoms with E-state index in [2.05, 4.69) is 107 Å². The first-order chi connectivity index (χ1) is 20.3. The Hall–Kier alpha value is -5.48. The fourth-order valence-corrected chi connectivity index (χ4v) is 6.49. The number of fused-ring (bicyclic) bond motifs is 9. The van der Waals surface area contributed by atoms with Crippen LogP contribution in [0.1, 0.15) is 11.1 Å². The summed E-state index contributed by atoms with van der Waals surface area (Å²) in [5.74, 6) is 0. The number of hydrogen-bond donors (Lipinski definition) is 0. The van der Waals surface area contributed by atoms with Gasteiger partial charge in [-0.2, -0.15) is 0 Å². The van der Waals surface area contributed by atoms with Crippen LogP contribution in [0.4, 0.5) is 0 Å². The molecule has 4 heteroatoms. The molecule has 8 aromatic rings. The molecule has 190 valence electrons. The Morgan fingerprint density at radius 2 is 1.07 bits per heavy atom. The van der Waals surface area contributed by atoms with Gasteiger partial charge in [0.15, 0.2) is 0 Å². The van der Waals surface area contributed by atoms with Crippen molar-refractivity contribution >= 4 is 43.6 Å². The highest BCUT2D eigenvalue weighted by molar-refractivity contribution is 6.06. The third-order valence-electron chi connectivity index (χ3n) is 8.40. The molecule has 0 unspecified atom stereocenters. The number of aromatic nitrogens is 4. The lowest BCUT2D eigenvalue weighted by atomic mass is 9.91. The number of benzene rings is 4. The van der Waals surface area contributed by atoms with Crippen molar-refractivity contribution in [2.75, 3.05) is 0 Å². The minimum Gasteiger partial charge on any atom is -0.256 e. The van der Waals surface area contributed by atoms with Gasteiger partial charge in [0.25, 0.3) is 0 Å². The van der Waals surface area contributed by atoms with Crippen molar-refractivity contribution < 1.29 is 0 Å². The number of hydrogen-bond acceptors (Lipinski definition) is 4. The summed E-state index contributed by atoms with van der Waals surface area (Å²) in [5, 5.41) is 4.33. The summed E-state index contributed by atoms with van der Waals surface area (Å²) in [6.45, 7) is 0. The van der Waals surface area contributed by atoms with E-state index in [0.717, 1.165) is 72.5 Å². The Morgan fingerprint density at radius 3 is 1.80 bits per heavy atom. The highest BCUT2D eigenvalue weighted by Crippen LogP contribution is 2.46. The monoisotopic (exact) mass is 522 g/mol. The maximum Gasteiger partial charge on any atom is 0.0803 e. The number of nitrogens with zero attached hydrogens (tertiary/aromatic N) is 4. The zero-order valence-corrected chi connectivity index (χ0v) is 22.0. The topological polar surface area (TPSA) is 51.6 Å². The molecule has 1 aliphatic rings. The van der Waals surface area contributed by atoms with Gasteiger partial charge in [0.1, 0.15) is 0 Å². The van der Waals surface area contributed by atoms with Gasteiger partial charge in [0, 0.05) is 45.1 Å². The largest absolute Gasteiger partial charge is 0.256 e. The summed E-state index contributed by atoms with van der Waals surface area (Å²) < 4.78 is 0. The second-order valence-electron chi connectivity index (χ2n) is 10.7. The summed E-state index contributed by atoms with van der Waals surface area (Å²) in [5.41, 5.74) is 13.2. The maximum atomic E-state index is 5.33. The third-order valence-corrected chi connectivity index (χ3v) is 8.40. The Balaban J connectivity index is 1.35. The lowest BCUT2D eigenvalue weighted by Gasteiger charge is -2.16. The highest BCUT2D eigenvalue weighted by Gasteiger charge is 2.25. The molecule has 0 aliphatic heterocycles. The van der Waals surface area contributed by atoms with Crippen LogP contribution in [0.25, 0.3) is 77.3 Å². The van der Waals surface area contributed by atoms with Crippen LogP contribution >= 0.6 is 0 Å². The molecule has 4 aromatic carbocycles. The van der Waals surface area contributed by atoms with Gasteiger partial charge in [-0.05, 0) is 77.2 Å². The average Bonchev–Trinajstić information content (AvgIpc) is 3.42. The second kappa shape index (κ2) is 8.51. The Bertz CT molecular complexity index is 2360. The van der Waals surface area contributed by atoms with E-state index in [1.807, 2.05) is 24.5 Å². The molecule has 0 atom stereocenters. The molecule has 4 heterocycles. The van der Waals surface area contributed by atoms with Gasteiger partial charge in [-0.15, -0.1) is 0 Å². The summed E-state index contributed by atoms with van der Waals surface area (Å²) >= 11 is 0. The summed E-state index contributed by atoms with van der Waals surface area (Å²) in [6, 6.07) is 38.4. The quantitative estimate of drug-likeness (QED) is 0.213. The molecule has 0 fully saturated rings. The van der Waals surface area contributed by atoms with Crippen LogP contribution in [0.5, 0.6) is 0 Å². The van der Waals surface area contributed by atoms with Crippen LogP contribution < -0.4 is 0 Å². The van der Waals surface area contributed by atoms with E-state index in [1.165, 1.54) is 22.3 Å². The van der Waals surface area contributed by atoms with Crippen molar-refractivity contribution in [2.45, 2.75) is 6.42 Å². The zero-order valence-electron chi connectivity index (χ0n) is 22.0. The lowest BCUT2D eigenvalue weighted by molar-refractivity contribution is 1.25. The van der Waals surface area contributed by atoms with Crippen molar-refractivity contribution in [1.29, 1.82) is 0 Å². The molecular weight excluding hydrogens is 500 g/mol. The summed E-state index contributed by atoms with van der Waals surface area (Å²) in [7, 11) is 0. The second-order valence-corrected chi connectivity index (χ2v) is 10.7. The molecule has 9 rings (SSSR count). The predicted molar refractivity (Wildman–Crippen MR) is 167 cm³/mol. The number of rotatable bonds is 2. The van der Waals surface area contributed by atoms with E-state index in [4.69, 9.17) is 9.97 Å². The molecule has 0 saturated carbocycles. The van der Waals surface area contributed by atoms with Gasteiger partial charge >= 0.3 is 0 Å². The first-order valence-corrected chi connectivity index (χ1v) is 13.9. The van der Waals surface area contributed by atoms with Gasteiger partial charge in [-0.25, -0.2) is 9.97 Å². The van der Waals surface area contributed by atoms with Crippen molar-refractivity contribution in [3.63, 3.8) is 0 Å². The minimum atomic E-state index is 0.867. The third kappa shape index (κ3) is 3.34. The normalized spacial score (nSPS) is 12.3. The van der Waals surface area contributed by atoms with Gasteiger partial charge in [0.2, 0.25) is 0 Å². The molecule has 0 spiro atoms. The van der Waals surface area contributed by atoms with Gasteiger partial charge in [-0.3, -0.25) is 9.97 Å². The van der Waals surface area contributed by atoms with Crippen LogP contribution in [0, 0.1) is 0 Å². The predicted octanol–water partition coefficient (Wildman–Crippen LogP) is 8.78. The molecule has 1 aliphatic carbocycles. The van der Waals surface area contributed by atoms with E-state index in [-0.39, 0.29) is 0 Å². The first-order valence-electron chi connectivity index (χ1n) is 13.9. The highest BCUT2D eigenvalue weighted by atomic mass is 14.7. The van der Waals surface area contributed by atoms with Gasteiger partial charge in [0.05, 0.1) is 33.5 Å². The Kier molecular flexibility index (Phi) is 4.64. The standard InChI is InChI=1S/C37H22N4/c1-2-6-25-24(5-1)21-30-26(25)13-14-27(33-17-11-22-9-15-31-28(36(22)40-33)7-3-19-38-31)35(30)34-18-12-23-10-16-32-29(37(23)41-34)8-4-20-39-32/h1-20H,21H2. The van der Waals surface area contributed by atoms with Crippen LogP contribution in [-0.4, -0.2) is 19.9 Å². The van der Waals surface area contributed by atoms with Crippen molar-refractivity contribution in [1.82, 2.24) is 19.9 Å². The summed E-state index contributed by atoms with van der Waals surface area (Å²) in [4.78, 5) is 19.8. The zero-order chi connectivity index (χ0) is 26.9. The van der Waals surface area contributed by atoms with E-state index in [1.54, 1.807) is 0 Å². The molecule has 0 N–H and O–H groups in total. The van der Waals surface area contributed by atoms with Crippen LogP contribution in [0.2, 0.25) is 0 Å². The maximum absolute atomic E-state index is 5.33. The molecule has 41 heavy (non-hydrogen) atoms. The SMILES string of the molecule is c1ccc2c(c1)Cc1c-2ccc(-c2ccc3ccc4ncccc4c3n2)c1-c1ccc2ccc3ncccc3c2n1. The Morgan fingerprint density at radius 1 is 0.463 bits per heavy atom. The first kappa shape index (κ1) is 22.3.